The predicted molar refractivity (Wildman–Crippen MR) is 57.6 cm³/mol. The van der Waals surface area contributed by atoms with Gasteiger partial charge in [0, 0.05) is 23.0 Å². The molecular formula is C10H13NO3S. The van der Waals surface area contributed by atoms with Gasteiger partial charge in [-0.2, -0.15) is 0 Å². The van der Waals surface area contributed by atoms with E-state index in [9.17, 15) is 9.90 Å². The molecule has 0 bridgehead atoms. The van der Waals surface area contributed by atoms with Crippen molar-refractivity contribution in [3.8, 4) is 0 Å². The summed E-state index contributed by atoms with van der Waals surface area (Å²) in [6.45, 7) is 1.44. The molecule has 15 heavy (non-hydrogen) atoms. The van der Waals surface area contributed by atoms with Gasteiger partial charge in [0.25, 0.3) is 0 Å². The molecule has 0 aliphatic heterocycles. The van der Waals surface area contributed by atoms with Crippen LogP contribution in [0, 0.1) is 0 Å². The molecule has 1 heterocycles. The van der Waals surface area contributed by atoms with E-state index < -0.39 is 11.6 Å². The Balaban J connectivity index is 2.53. The Hall–Kier alpha value is -1.07. The van der Waals surface area contributed by atoms with Crippen molar-refractivity contribution in [1.82, 2.24) is 4.98 Å². The van der Waals surface area contributed by atoms with Crippen molar-refractivity contribution in [3.05, 3.63) is 24.5 Å². The summed E-state index contributed by atoms with van der Waals surface area (Å²) in [7, 11) is 1.26. The van der Waals surface area contributed by atoms with E-state index in [0.717, 1.165) is 4.90 Å². The number of carbonyl (C=O) groups is 1. The van der Waals surface area contributed by atoms with Crippen molar-refractivity contribution in [3.63, 3.8) is 0 Å². The molecule has 0 aliphatic rings. The second kappa shape index (κ2) is 5.14. The van der Waals surface area contributed by atoms with Gasteiger partial charge in [0.1, 0.15) is 0 Å². The van der Waals surface area contributed by atoms with Crippen LogP contribution in [0.15, 0.2) is 29.4 Å². The third kappa shape index (κ3) is 3.53. The van der Waals surface area contributed by atoms with E-state index >= 15 is 0 Å². The summed E-state index contributed by atoms with van der Waals surface area (Å²) in [5, 5.41) is 9.73. The average molecular weight is 227 g/mol. The van der Waals surface area contributed by atoms with Crippen LogP contribution in [-0.2, 0) is 9.53 Å². The van der Waals surface area contributed by atoms with Crippen molar-refractivity contribution in [2.45, 2.75) is 17.4 Å². The first kappa shape index (κ1) is 12.0. The highest BCUT2D eigenvalue weighted by atomic mass is 32.2. The summed E-state index contributed by atoms with van der Waals surface area (Å²) in [4.78, 5) is 16.0. The molecule has 1 rings (SSSR count). The van der Waals surface area contributed by atoms with Gasteiger partial charge in [0.2, 0.25) is 0 Å². The van der Waals surface area contributed by atoms with Gasteiger partial charge < -0.3 is 9.84 Å². The Bertz CT molecular complexity index is 327. The summed E-state index contributed by atoms with van der Waals surface area (Å²) >= 11 is 1.38. The van der Waals surface area contributed by atoms with Crippen LogP contribution in [0.2, 0.25) is 0 Å². The zero-order valence-electron chi connectivity index (χ0n) is 8.64. The number of carbonyl (C=O) groups excluding carboxylic acids is 1. The molecule has 0 saturated heterocycles. The van der Waals surface area contributed by atoms with Crippen molar-refractivity contribution >= 4 is 17.7 Å². The van der Waals surface area contributed by atoms with Crippen molar-refractivity contribution in [2.75, 3.05) is 12.9 Å². The summed E-state index contributed by atoms with van der Waals surface area (Å²) in [6, 6.07) is 3.63. The van der Waals surface area contributed by atoms with E-state index in [1.54, 1.807) is 12.4 Å². The fraction of sp³-hybridized carbons (Fsp3) is 0.400. The van der Waals surface area contributed by atoms with Crippen LogP contribution < -0.4 is 0 Å². The van der Waals surface area contributed by atoms with Crippen LogP contribution in [0.5, 0.6) is 0 Å². The van der Waals surface area contributed by atoms with Crippen LogP contribution in [0.3, 0.4) is 0 Å². The Kier molecular flexibility index (Phi) is 4.11. The fourth-order valence-corrected chi connectivity index (χ4v) is 1.82. The first-order chi connectivity index (χ1) is 7.06. The summed E-state index contributed by atoms with van der Waals surface area (Å²) in [6.07, 6.45) is 3.32. The molecule has 0 spiro atoms. The number of nitrogens with zero attached hydrogens (tertiary/aromatic N) is 1. The second-order valence-electron chi connectivity index (χ2n) is 3.24. The maximum absolute atomic E-state index is 11.2. The molecule has 1 aromatic heterocycles. The Morgan fingerprint density at radius 2 is 2.20 bits per heavy atom. The quantitative estimate of drug-likeness (QED) is 0.616. The zero-order chi connectivity index (χ0) is 11.3. The van der Waals surface area contributed by atoms with E-state index in [1.807, 2.05) is 12.1 Å². The number of esters is 1. The first-order valence-corrected chi connectivity index (χ1v) is 5.38. The van der Waals surface area contributed by atoms with Crippen LogP contribution >= 0.6 is 11.8 Å². The minimum atomic E-state index is -1.46. The molecule has 82 valence electrons. The lowest BCUT2D eigenvalue weighted by Crippen LogP contribution is -2.38. The molecule has 4 nitrogen and oxygen atoms in total. The normalized spacial score (nSPS) is 14.3. The lowest BCUT2D eigenvalue weighted by molar-refractivity contribution is -0.158. The third-order valence-electron chi connectivity index (χ3n) is 1.79. The Labute approximate surface area is 92.7 Å². The maximum atomic E-state index is 11.2. The zero-order valence-corrected chi connectivity index (χ0v) is 9.45. The number of hydrogen-bond donors (Lipinski definition) is 1. The largest absolute Gasteiger partial charge is 0.467 e. The number of ether oxygens (including phenoxy) is 1. The lowest BCUT2D eigenvalue weighted by Gasteiger charge is -2.19. The molecule has 0 aliphatic carbocycles. The summed E-state index contributed by atoms with van der Waals surface area (Å²) in [5.41, 5.74) is -1.46. The minimum absolute atomic E-state index is 0.254. The molecule has 1 N–H and O–H groups in total. The number of thioether (sulfide) groups is 1. The maximum Gasteiger partial charge on any atom is 0.338 e. The smallest absolute Gasteiger partial charge is 0.338 e. The monoisotopic (exact) mass is 227 g/mol. The average Bonchev–Trinajstić information content (AvgIpc) is 2.27. The van der Waals surface area contributed by atoms with Gasteiger partial charge in [0.05, 0.1) is 7.11 Å². The number of pyridine rings is 1. The van der Waals surface area contributed by atoms with Gasteiger partial charge in [-0.25, -0.2) is 4.79 Å². The van der Waals surface area contributed by atoms with Gasteiger partial charge in [0.15, 0.2) is 5.60 Å². The van der Waals surface area contributed by atoms with Crippen molar-refractivity contribution in [2.24, 2.45) is 0 Å². The SMILES string of the molecule is COC(=O)C(C)(O)CSc1ccncc1. The van der Waals surface area contributed by atoms with Crippen LogP contribution in [0.1, 0.15) is 6.92 Å². The van der Waals surface area contributed by atoms with Crippen LogP contribution in [-0.4, -0.2) is 34.5 Å². The predicted octanol–water partition coefficient (Wildman–Crippen LogP) is 1.10. The molecule has 1 unspecified atom stereocenters. The molecular weight excluding hydrogens is 214 g/mol. The van der Waals surface area contributed by atoms with Gasteiger partial charge in [-0.15, -0.1) is 11.8 Å². The highest BCUT2D eigenvalue weighted by Gasteiger charge is 2.31. The molecule has 5 heteroatoms. The summed E-state index contributed by atoms with van der Waals surface area (Å²) in [5.74, 6) is -0.368. The summed E-state index contributed by atoms with van der Waals surface area (Å²) < 4.78 is 4.49. The highest BCUT2D eigenvalue weighted by Crippen LogP contribution is 2.22. The number of aromatic nitrogens is 1. The van der Waals surface area contributed by atoms with Gasteiger partial charge >= 0.3 is 5.97 Å². The van der Waals surface area contributed by atoms with Crippen LogP contribution in [0.25, 0.3) is 0 Å². The van der Waals surface area contributed by atoms with Crippen molar-refractivity contribution in [1.29, 1.82) is 0 Å². The van der Waals surface area contributed by atoms with Gasteiger partial charge in [-0.05, 0) is 19.1 Å². The number of aliphatic hydroxyl groups is 1. The lowest BCUT2D eigenvalue weighted by atomic mass is 10.1. The second-order valence-corrected chi connectivity index (χ2v) is 4.29. The topological polar surface area (TPSA) is 59.4 Å². The van der Waals surface area contributed by atoms with E-state index in [-0.39, 0.29) is 5.75 Å². The van der Waals surface area contributed by atoms with Gasteiger partial charge in [-0.3, -0.25) is 4.98 Å². The Morgan fingerprint density at radius 1 is 1.60 bits per heavy atom. The Morgan fingerprint density at radius 3 is 2.73 bits per heavy atom. The third-order valence-corrected chi connectivity index (χ3v) is 3.11. The van der Waals surface area contributed by atoms with E-state index in [2.05, 4.69) is 9.72 Å². The number of methoxy groups -OCH3 is 1. The fourth-order valence-electron chi connectivity index (χ4n) is 0.937. The number of hydrogen-bond acceptors (Lipinski definition) is 5. The molecule has 0 radical (unpaired) electrons. The first-order valence-electron chi connectivity index (χ1n) is 4.40. The van der Waals surface area contributed by atoms with E-state index in [4.69, 9.17) is 0 Å². The van der Waals surface area contributed by atoms with Crippen molar-refractivity contribution < 1.29 is 14.6 Å². The van der Waals surface area contributed by atoms with E-state index in [0.29, 0.717) is 0 Å². The molecule has 0 aromatic carbocycles. The number of rotatable bonds is 4. The van der Waals surface area contributed by atoms with Gasteiger partial charge in [-0.1, -0.05) is 0 Å². The molecule has 0 fully saturated rings. The molecule has 1 aromatic rings. The highest BCUT2D eigenvalue weighted by molar-refractivity contribution is 7.99. The molecule has 0 amide bonds. The minimum Gasteiger partial charge on any atom is -0.467 e. The van der Waals surface area contributed by atoms with Crippen LogP contribution in [0.4, 0.5) is 0 Å². The standard InChI is InChI=1S/C10H13NO3S/c1-10(13,9(12)14-2)7-15-8-3-5-11-6-4-8/h3-6,13H,7H2,1-2H3. The van der Waals surface area contributed by atoms with E-state index in [1.165, 1.54) is 25.8 Å². The molecule has 1 atom stereocenters. The molecule has 0 saturated carbocycles.